The highest BCUT2D eigenvalue weighted by Gasteiger charge is 2.17. The Balaban J connectivity index is 1.92. The van der Waals surface area contributed by atoms with Crippen molar-refractivity contribution in [3.63, 3.8) is 0 Å². The first-order valence-electron chi connectivity index (χ1n) is 7.99. The average molecular weight is 402 g/mol. The largest absolute Gasteiger partial charge is 0.341 e. The first kappa shape index (κ1) is 18.9. The molecule has 3 rings (SSSR count). The van der Waals surface area contributed by atoms with Crippen LogP contribution >= 0.6 is 23.4 Å². The summed E-state index contributed by atoms with van der Waals surface area (Å²) in [4.78, 5) is 23.1. The number of thioether (sulfide) groups is 1. The number of imide groups is 1. The number of aromatic nitrogens is 3. The van der Waals surface area contributed by atoms with Gasteiger partial charge in [-0.1, -0.05) is 53.7 Å². The standard InChI is InChI=1S/C18H16ClN5O2S/c1-20-17(26)21-15(25)11-27-18-23-22-16(12-5-3-2-4-6-12)24(18)14-9-7-13(19)8-10-14/h2-10H,11H2,1H3,(H2,20,21,25,26). The summed E-state index contributed by atoms with van der Waals surface area (Å²) in [5, 5.41) is 14.2. The second-order valence-corrected chi connectivity index (χ2v) is 6.78. The molecule has 1 heterocycles. The fraction of sp³-hybridized carbons (Fsp3) is 0.111. The van der Waals surface area contributed by atoms with E-state index in [2.05, 4.69) is 20.8 Å². The molecule has 0 bridgehead atoms. The van der Waals surface area contributed by atoms with Gasteiger partial charge in [-0.2, -0.15) is 0 Å². The molecule has 0 aliphatic rings. The number of halogens is 1. The molecular formula is C18H16ClN5O2S. The second-order valence-electron chi connectivity index (χ2n) is 5.40. The van der Waals surface area contributed by atoms with Crippen LogP contribution in [-0.4, -0.2) is 39.5 Å². The van der Waals surface area contributed by atoms with Crippen molar-refractivity contribution in [1.82, 2.24) is 25.4 Å². The van der Waals surface area contributed by atoms with Crippen LogP contribution in [0.3, 0.4) is 0 Å². The molecule has 0 saturated heterocycles. The topological polar surface area (TPSA) is 88.9 Å². The number of amides is 3. The predicted molar refractivity (Wildman–Crippen MR) is 105 cm³/mol. The maximum Gasteiger partial charge on any atom is 0.321 e. The molecule has 27 heavy (non-hydrogen) atoms. The Morgan fingerprint density at radius 3 is 2.44 bits per heavy atom. The molecule has 2 aromatic carbocycles. The zero-order valence-corrected chi connectivity index (χ0v) is 15.9. The zero-order valence-electron chi connectivity index (χ0n) is 14.3. The van der Waals surface area contributed by atoms with Crippen molar-refractivity contribution in [3.05, 3.63) is 59.6 Å². The summed E-state index contributed by atoms with van der Waals surface area (Å²) < 4.78 is 1.85. The second kappa shape index (κ2) is 8.70. The Morgan fingerprint density at radius 2 is 1.78 bits per heavy atom. The molecule has 9 heteroatoms. The number of rotatable bonds is 5. The van der Waals surface area contributed by atoms with Crippen LogP contribution in [0.1, 0.15) is 0 Å². The fourth-order valence-electron chi connectivity index (χ4n) is 2.32. The summed E-state index contributed by atoms with van der Waals surface area (Å²) in [6.45, 7) is 0. The van der Waals surface area contributed by atoms with Gasteiger partial charge in [-0.3, -0.25) is 14.7 Å². The van der Waals surface area contributed by atoms with Gasteiger partial charge in [0.15, 0.2) is 11.0 Å². The number of hydrogen-bond acceptors (Lipinski definition) is 5. The Hall–Kier alpha value is -2.84. The number of urea groups is 1. The first-order chi connectivity index (χ1) is 13.1. The van der Waals surface area contributed by atoms with Crippen molar-refractivity contribution < 1.29 is 9.59 Å². The highest BCUT2D eigenvalue weighted by molar-refractivity contribution is 7.99. The highest BCUT2D eigenvalue weighted by Crippen LogP contribution is 2.28. The molecule has 0 saturated carbocycles. The van der Waals surface area contributed by atoms with Gasteiger partial charge >= 0.3 is 6.03 Å². The van der Waals surface area contributed by atoms with Gasteiger partial charge in [-0.15, -0.1) is 10.2 Å². The molecular weight excluding hydrogens is 386 g/mol. The molecule has 3 aromatic rings. The van der Waals surface area contributed by atoms with Crippen LogP contribution in [0.5, 0.6) is 0 Å². The Morgan fingerprint density at radius 1 is 1.07 bits per heavy atom. The Bertz CT molecular complexity index is 944. The highest BCUT2D eigenvalue weighted by atomic mass is 35.5. The monoisotopic (exact) mass is 401 g/mol. The summed E-state index contributed by atoms with van der Waals surface area (Å²) >= 11 is 7.18. The van der Waals surface area contributed by atoms with Gasteiger partial charge in [0, 0.05) is 23.3 Å². The van der Waals surface area contributed by atoms with Gasteiger partial charge in [-0.25, -0.2) is 4.79 Å². The maximum absolute atomic E-state index is 11.9. The summed E-state index contributed by atoms with van der Waals surface area (Å²) in [5.74, 6) is 0.242. The SMILES string of the molecule is CNC(=O)NC(=O)CSc1nnc(-c2ccccc2)n1-c1ccc(Cl)cc1. The molecule has 0 unspecified atom stereocenters. The lowest BCUT2D eigenvalue weighted by Gasteiger charge is -2.10. The lowest BCUT2D eigenvalue weighted by atomic mass is 10.2. The van der Waals surface area contributed by atoms with E-state index in [-0.39, 0.29) is 5.75 Å². The molecule has 1 aromatic heterocycles. The van der Waals surface area contributed by atoms with Gasteiger partial charge in [0.25, 0.3) is 0 Å². The molecule has 0 radical (unpaired) electrons. The van der Waals surface area contributed by atoms with Crippen LogP contribution in [0.2, 0.25) is 5.02 Å². The molecule has 3 amide bonds. The van der Waals surface area contributed by atoms with Crippen LogP contribution in [-0.2, 0) is 4.79 Å². The smallest absolute Gasteiger partial charge is 0.321 e. The molecule has 0 aliphatic heterocycles. The number of benzene rings is 2. The number of carbonyl (C=O) groups excluding carboxylic acids is 2. The van der Waals surface area contributed by atoms with Crippen molar-refractivity contribution in [2.45, 2.75) is 5.16 Å². The number of hydrogen-bond donors (Lipinski definition) is 2. The van der Waals surface area contributed by atoms with Gasteiger partial charge < -0.3 is 5.32 Å². The quantitative estimate of drug-likeness (QED) is 0.641. The molecule has 0 fully saturated rings. The van der Waals surface area contributed by atoms with Gasteiger partial charge in [0.1, 0.15) is 0 Å². The van der Waals surface area contributed by atoms with Gasteiger partial charge in [0.05, 0.1) is 5.75 Å². The summed E-state index contributed by atoms with van der Waals surface area (Å²) in [5.41, 5.74) is 1.71. The third-order valence-corrected chi connectivity index (χ3v) is 4.74. The van der Waals surface area contributed by atoms with Crippen molar-refractivity contribution >= 4 is 35.3 Å². The third kappa shape index (κ3) is 4.66. The number of nitrogens with zero attached hydrogens (tertiary/aromatic N) is 3. The Kier molecular flexibility index (Phi) is 6.10. The predicted octanol–water partition coefficient (Wildman–Crippen LogP) is 3.14. The van der Waals surface area contributed by atoms with Crippen LogP contribution in [0.15, 0.2) is 59.8 Å². The first-order valence-corrected chi connectivity index (χ1v) is 9.36. The zero-order chi connectivity index (χ0) is 19.2. The third-order valence-electron chi connectivity index (χ3n) is 3.56. The molecule has 7 nitrogen and oxygen atoms in total. The van der Waals surface area contributed by atoms with Crippen molar-refractivity contribution in [2.24, 2.45) is 0 Å². The summed E-state index contributed by atoms with van der Waals surface area (Å²) in [7, 11) is 1.44. The van der Waals surface area contributed by atoms with Gasteiger partial charge in [-0.05, 0) is 24.3 Å². The van der Waals surface area contributed by atoms with E-state index in [9.17, 15) is 9.59 Å². The van der Waals surface area contributed by atoms with E-state index in [4.69, 9.17) is 11.6 Å². The summed E-state index contributed by atoms with van der Waals surface area (Å²) in [6.07, 6.45) is 0. The minimum atomic E-state index is -0.551. The molecule has 138 valence electrons. The van der Waals surface area contributed by atoms with E-state index >= 15 is 0 Å². The molecule has 0 atom stereocenters. The molecule has 2 N–H and O–H groups in total. The van der Waals surface area contributed by atoms with Crippen molar-refractivity contribution in [1.29, 1.82) is 0 Å². The van der Waals surface area contributed by atoms with Crippen LogP contribution in [0.4, 0.5) is 4.79 Å². The minimum Gasteiger partial charge on any atom is -0.341 e. The average Bonchev–Trinajstić information content (AvgIpc) is 3.11. The van der Waals surface area contributed by atoms with Crippen molar-refractivity contribution in [3.8, 4) is 17.1 Å². The lowest BCUT2D eigenvalue weighted by Crippen LogP contribution is -2.38. The Labute approximate surface area is 165 Å². The van der Waals surface area contributed by atoms with Crippen LogP contribution in [0, 0.1) is 0 Å². The van der Waals surface area contributed by atoms with Crippen molar-refractivity contribution in [2.75, 3.05) is 12.8 Å². The fourth-order valence-corrected chi connectivity index (χ4v) is 3.19. The van der Waals surface area contributed by atoms with Crippen LogP contribution < -0.4 is 10.6 Å². The van der Waals surface area contributed by atoms with E-state index in [1.165, 1.54) is 18.8 Å². The normalized spacial score (nSPS) is 10.4. The molecule has 0 aliphatic carbocycles. The maximum atomic E-state index is 11.9. The van der Waals surface area contributed by atoms with E-state index < -0.39 is 11.9 Å². The number of carbonyl (C=O) groups is 2. The number of nitrogens with one attached hydrogen (secondary N) is 2. The van der Waals surface area contributed by atoms with E-state index in [0.29, 0.717) is 16.0 Å². The summed E-state index contributed by atoms with van der Waals surface area (Å²) in [6, 6.07) is 16.3. The van der Waals surface area contributed by atoms with Crippen LogP contribution in [0.25, 0.3) is 17.1 Å². The van der Waals surface area contributed by atoms with E-state index in [1.54, 1.807) is 12.1 Å². The van der Waals surface area contributed by atoms with E-state index in [0.717, 1.165) is 11.3 Å². The minimum absolute atomic E-state index is 0.0218. The molecule has 0 spiro atoms. The van der Waals surface area contributed by atoms with Gasteiger partial charge in [0.2, 0.25) is 5.91 Å². The van der Waals surface area contributed by atoms with E-state index in [1.807, 2.05) is 47.0 Å². The lowest BCUT2D eigenvalue weighted by molar-refractivity contribution is -0.117.